The number of benzene rings is 1. The zero-order valence-corrected chi connectivity index (χ0v) is 30.5. The molecule has 0 aliphatic carbocycles. The first-order chi connectivity index (χ1) is 24.1. The number of aromatic nitrogens is 3. The van der Waals surface area contributed by atoms with Crippen molar-refractivity contribution in [1.82, 2.24) is 24.8 Å². The highest BCUT2D eigenvalue weighted by Gasteiger charge is 2.46. The normalized spacial score (nSPS) is 19.4. The van der Waals surface area contributed by atoms with E-state index in [4.69, 9.17) is 4.74 Å². The summed E-state index contributed by atoms with van der Waals surface area (Å²) in [5.74, 6) is -3.18. The number of aryl methyl sites for hydroxylation is 3. The maximum Gasteiger partial charge on any atom is 0.408 e. The fourth-order valence-electron chi connectivity index (χ4n) is 7.24. The minimum Gasteiger partial charge on any atom is -0.444 e. The van der Waals surface area contributed by atoms with Gasteiger partial charge in [0.25, 0.3) is 5.92 Å². The molecule has 2 aliphatic rings. The lowest BCUT2D eigenvalue weighted by Gasteiger charge is -2.40. The Kier molecular flexibility index (Phi) is 10.3. The molecule has 0 unspecified atom stereocenters. The van der Waals surface area contributed by atoms with Gasteiger partial charge in [-0.2, -0.15) is 0 Å². The van der Waals surface area contributed by atoms with Crippen LogP contribution in [0, 0.1) is 13.8 Å². The Morgan fingerprint density at radius 1 is 1.00 bits per heavy atom. The molecule has 0 bridgehead atoms. The molecule has 0 spiro atoms. The minimum atomic E-state index is -3.18. The van der Waals surface area contributed by atoms with E-state index in [1.807, 2.05) is 62.3 Å². The highest BCUT2D eigenvalue weighted by molar-refractivity contribution is 5.83. The largest absolute Gasteiger partial charge is 0.444 e. The van der Waals surface area contributed by atoms with Crippen molar-refractivity contribution >= 4 is 28.4 Å². The van der Waals surface area contributed by atoms with Crippen LogP contribution in [0.25, 0.3) is 10.9 Å². The van der Waals surface area contributed by atoms with Gasteiger partial charge in [0.15, 0.2) is 5.43 Å². The number of halogens is 2. The molecule has 0 radical (unpaired) electrons. The second-order valence-electron chi connectivity index (χ2n) is 15.1. The number of carbonyl (C=O) groups is 1. The Morgan fingerprint density at radius 3 is 2.49 bits per heavy atom. The third kappa shape index (κ3) is 8.66. The Labute approximate surface area is 298 Å². The molecule has 6 rings (SSSR count). The first-order valence-electron chi connectivity index (χ1n) is 17.7. The first kappa shape index (κ1) is 36.2. The number of alkyl halides is 2. The van der Waals surface area contributed by atoms with Crippen LogP contribution < -0.4 is 20.5 Å². The molecule has 3 aromatic heterocycles. The van der Waals surface area contributed by atoms with Crippen molar-refractivity contribution in [2.75, 3.05) is 36.0 Å². The molecule has 2 saturated heterocycles. The molecule has 4 aromatic rings. The molecule has 51 heavy (non-hydrogen) atoms. The molecule has 2 aliphatic heterocycles. The summed E-state index contributed by atoms with van der Waals surface area (Å²) in [6.45, 7) is 11.7. The standard InChI is InChI=1S/C39H49F2N7O3/c1-26-9-10-31(20-43-26)46-16-7-8-32(24-46)48(21-28-13-15-42-27(2)18-28)23-29-22-45(6)34-19-30(11-12-33(34)36(29)49)47-17-14-35(39(40,41)25-47)44-37(50)51-38(3,4)5/h9-13,15,18-20,22,32,35H,7-8,14,16-17,21,23-25H2,1-6H3,(H,44,50)/t32-,35+/m0/s1. The van der Waals surface area contributed by atoms with E-state index >= 15 is 8.78 Å². The predicted octanol–water partition coefficient (Wildman–Crippen LogP) is 6.36. The predicted molar refractivity (Wildman–Crippen MR) is 197 cm³/mol. The van der Waals surface area contributed by atoms with Gasteiger partial charge in [-0.15, -0.1) is 0 Å². The second-order valence-corrected chi connectivity index (χ2v) is 15.1. The van der Waals surface area contributed by atoms with Crippen LogP contribution in [0.5, 0.6) is 0 Å². The lowest BCUT2D eigenvalue weighted by atomic mass is 9.99. The zero-order valence-electron chi connectivity index (χ0n) is 30.5. The summed E-state index contributed by atoms with van der Waals surface area (Å²) < 4.78 is 37.8. The van der Waals surface area contributed by atoms with E-state index in [2.05, 4.69) is 37.2 Å². The van der Waals surface area contributed by atoms with Gasteiger partial charge in [0.2, 0.25) is 0 Å². The number of ether oxygens (including phenoxy) is 1. The van der Waals surface area contributed by atoms with Crippen LogP contribution in [0.1, 0.15) is 62.5 Å². The molecule has 2 atom stereocenters. The summed E-state index contributed by atoms with van der Waals surface area (Å²) in [6.07, 6.45) is 6.88. The molecular formula is C39H49F2N7O3. The SMILES string of the molecule is Cc1ccc(N2CCC[C@H](N(Cc3ccnc(C)c3)Cc3cn(C)c4cc(N5CC[C@@H](NC(=O)OC(C)(C)C)C(F)(F)C5)ccc4c3=O)C2)cn1. The van der Waals surface area contributed by atoms with Crippen LogP contribution in [0.15, 0.2) is 65.8 Å². The summed E-state index contributed by atoms with van der Waals surface area (Å²) in [5, 5.41) is 2.91. The summed E-state index contributed by atoms with van der Waals surface area (Å²) in [5.41, 5.74) is 5.27. The summed E-state index contributed by atoms with van der Waals surface area (Å²) >= 11 is 0. The number of nitrogens with one attached hydrogen (secondary N) is 1. The number of piperidine rings is 2. The van der Waals surface area contributed by atoms with Gasteiger partial charge in [-0.3, -0.25) is 19.7 Å². The molecule has 0 saturated carbocycles. The molecule has 272 valence electrons. The molecule has 1 amide bonds. The van der Waals surface area contributed by atoms with E-state index in [0.717, 1.165) is 48.6 Å². The van der Waals surface area contributed by atoms with Gasteiger partial charge in [0, 0.05) is 86.2 Å². The molecular weight excluding hydrogens is 652 g/mol. The fraction of sp³-hybridized carbons (Fsp3) is 0.487. The van der Waals surface area contributed by atoms with Crippen molar-refractivity contribution in [2.45, 2.75) is 90.6 Å². The number of nitrogens with zero attached hydrogens (tertiary/aromatic N) is 6. The summed E-state index contributed by atoms with van der Waals surface area (Å²) in [4.78, 5) is 41.6. The third-order valence-electron chi connectivity index (χ3n) is 9.80. The Balaban J connectivity index is 1.23. The van der Waals surface area contributed by atoms with Crippen LogP contribution in [-0.4, -0.2) is 75.3 Å². The number of fused-ring (bicyclic) bond motifs is 1. The number of pyridine rings is 3. The van der Waals surface area contributed by atoms with Crippen molar-refractivity contribution in [3.63, 3.8) is 0 Å². The van der Waals surface area contributed by atoms with Gasteiger partial charge >= 0.3 is 6.09 Å². The van der Waals surface area contributed by atoms with Gasteiger partial charge in [-0.25, -0.2) is 13.6 Å². The topological polar surface area (TPSA) is 95.8 Å². The van der Waals surface area contributed by atoms with E-state index < -0.39 is 30.2 Å². The second kappa shape index (κ2) is 14.6. The van der Waals surface area contributed by atoms with Gasteiger partial charge in [-0.1, -0.05) is 0 Å². The number of hydrogen-bond donors (Lipinski definition) is 1. The van der Waals surface area contributed by atoms with Crippen LogP contribution in [0.2, 0.25) is 0 Å². The van der Waals surface area contributed by atoms with Gasteiger partial charge in [0.1, 0.15) is 5.60 Å². The van der Waals surface area contributed by atoms with Crippen LogP contribution in [0.4, 0.5) is 25.0 Å². The summed E-state index contributed by atoms with van der Waals surface area (Å²) in [6, 6.07) is 12.5. The minimum absolute atomic E-state index is 0.0496. The van der Waals surface area contributed by atoms with Crippen molar-refractivity contribution in [1.29, 1.82) is 0 Å². The Morgan fingerprint density at radius 2 is 1.78 bits per heavy atom. The molecule has 1 N–H and O–H groups in total. The number of anilines is 2. The quantitative estimate of drug-likeness (QED) is 0.227. The van der Waals surface area contributed by atoms with E-state index in [1.54, 1.807) is 37.8 Å². The van der Waals surface area contributed by atoms with E-state index in [9.17, 15) is 9.59 Å². The highest BCUT2D eigenvalue weighted by Crippen LogP contribution is 2.32. The Hall–Kier alpha value is -4.58. The van der Waals surface area contributed by atoms with E-state index in [0.29, 0.717) is 41.8 Å². The number of rotatable bonds is 8. The van der Waals surface area contributed by atoms with E-state index in [1.165, 1.54) is 0 Å². The first-order valence-corrected chi connectivity index (χ1v) is 17.7. The number of hydrogen-bond acceptors (Lipinski definition) is 8. The number of amides is 1. The highest BCUT2D eigenvalue weighted by atomic mass is 19.3. The third-order valence-corrected chi connectivity index (χ3v) is 9.80. The lowest BCUT2D eigenvalue weighted by molar-refractivity contribution is -0.0458. The van der Waals surface area contributed by atoms with Crippen molar-refractivity contribution in [3.8, 4) is 0 Å². The maximum atomic E-state index is 15.3. The molecule has 1 aromatic carbocycles. The van der Waals surface area contributed by atoms with Gasteiger partial charge in [0.05, 0.1) is 30.0 Å². The summed E-state index contributed by atoms with van der Waals surface area (Å²) in [7, 11) is 1.89. The smallest absolute Gasteiger partial charge is 0.408 e. The number of alkyl carbamates (subject to hydrolysis) is 1. The molecule has 2 fully saturated rings. The molecule has 10 nitrogen and oxygen atoms in total. The van der Waals surface area contributed by atoms with Crippen molar-refractivity contribution in [3.05, 3.63) is 93.8 Å². The van der Waals surface area contributed by atoms with Crippen molar-refractivity contribution in [2.24, 2.45) is 7.05 Å². The zero-order chi connectivity index (χ0) is 36.5. The van der Waals surface area contributed by atoms with Crippen LogP contribution >= 0.6 is 0 Å². The number of carbonyl (C=O) groups excluding carboxylic acids is 1. The molecule has 5 heterocycles. The Bertz CT molecular complexity index is 1930. The average molecular weight is 702 g/mol. The monoisotopic (exact) mass is 701 g/mol. The van der Waals surface area contributed by atoms with Gasteiger partial charge < -0.3 is 24.4 Å². The van der Waals surface area contributed by atoms with Crippen LogP contribution in [0.3, 0.4) is 0 Å². The average Bonchev–Trinajstić information content (AvgIpc) is 3.07. The fourth-order valence-corrected chi connectivity index (χ4v) is 7.24. The van der Waals surface area contributed by atoms with E-state index in [-0.39, 0.29) is 17.9 Å². The lowest BCUT2D eigenvalue weighted by Crippen LogP contribution is -2.59. The van der Waals surface area contributed by atoms with Crippen molar-refractivity contribution < 1.29 is 18.3 Å². The molecule has 12 heteroatoms. The maximum absolute atomic E-state index is 15.3. The van der Waals surface area contributed by atoms with Gasteiger partial charge in [-0.05, 0) is 102 Å². The van der Waals surface area contributed by atoms with Crippen LogP contribution in [-0.2, 0) is 24.9 Å².